The Morgan fingerprint density at radius 1 is 1.36 bits per heavy atom. The predicted molar refractivity (Wildman–Crippen MR) is 87.2 cm³/mol. The Kier molecular flexibility index (Phi) is 5.58. The predicted octanol–water partition coefficient (Wildman–Crippen LogP) is 3.64. The molecule has 1 aromatic carbocycles. The molecule has 22 heavy (non-hydrogen) atoms. The van der Waals surface area contributed by atoms with Gasteiger partial charge in [0.25, 0.3) is 0 Å². The lowest BCUT2D eigenvalue weighted by atomic mass is 10.1. The largest absolute Gasteiger partial charge is 0.493 e. The van der Waals surface area contributed by atoms with Crippen molar-refractivity contribution in [2.45, 2.75) is 39.5 Å². The first-order valence-corrected chi connectivity index (χ1v) is 7.60. The Hall–Kier alpha value is -2.30. The Labute approximate surface area is 131 Å². The van der Waals surface area contributed by atoms with Crippen LogP contribution in [0.3, 0.4) is 0 Å². The number of carbonyl (C=O) groups excluding carboxylic acids is 1. The molecule has 118 valence electrons. The second-order valence-electron chi connectivity index (χ2n) is 5.63. The summed E-state index contributed by atoms with van der Waals surface area (Å²) in [4.78, 5) is 11.8. The highest BCUT2D eigenvalue weighted by atomic mass is 16.5. The number of para-hydroxylation sites is 1. The summed E-state index contributed by atoms with van der Waals surface area (Å²) in [7, 11) is 0. The first-order chi connectivity index (χ1) is 10.6. The van der Waals surface area contributed by atoms with Crippen LogP contribution in [-0.2, 0) is 4.79 Å². The molecule has 0 saturated carbocycles. The summed E-state index contributed by atoms with van der Waals surface area (Å²) in [5.74, 6) is 1.76. The molecule has 0 unspecified atom stereocenters. The van der Waals surface area contributed by atoms with Crippen LogP contribution in [0, 0.1) is 6.92 Å². The molecule has 0 aliphatic carbocycles. The molecule has 2 N–H and O–H groups in total. The van der Waals surface area contributed by atoms with E-state index in [0.29, 0.717) is 31.2 Å². The molecular weight excluding hydrogens is 278 g/mol. The fourth-order valence-electron chi connectivity index (χ4n) is 2.03. The monoisotopic (exact) mass is 301 g/mol. The van der Waals surface area contributed by atoms with Gasteiger partial charge in [-0.15, -0.1) is 0 Å². The first-order valence-electron chi connectivity index (χ1n) is 7.60. The van der Waals surface area contributed by atoms with E-state index in [1.165, 1.54) is 0 Å². The van der Waals surface area contributed by atoms with Gasteiger partial charge in [-0.1, -0.05) is 32.0 Å². The first kappa shape index (κ1) is 16.1. The maximum Gasteiger partial charge on any atom is 0.225 e. The summed E-state index contributed by atoms with van der Waals surface area (Å²) in [5, 5.41) is 9.78. The van der Waals surface area contributed by atoms with E-state index in [-0.39, 0.29) is 5.91 Å². The molecule has 0 aliphatic rings. The number of benzene rings is 1. The van der Waals surface area contributed by atoms with E-state index in [2.05, 4.69) is 29.4 Å². The summed E-state index contributed by atoms with van der Waals surface area (Å²) in [5.41, 5.74) is 2.11. The minimum Gasteiger partial charge on any atom is -0.493 e. The summed E-state index contributed by atoms with van der Waals surface area (Å²) in [6, 6.07) is 9.73. The van der Waals surface area contributed by atoms with Crippen molar-refractivity contribution in [2.24, 2.45) is 0 Å². The molecule has 0 fully saturated rings. The van der Waals surface area contributed by atoms with Crippen LogP contribution in [0.15, 0.2) is 30.3 Å². The number of carbonyl (C=O) groups is 1. The standard InChI is InChI=1S/C17H23N3O2/c1-12(2)14-11-16(20-19-14)18-17(21)9-6-10-22-15-8-5-4-7-13(15)3/h4-5,7-8,11-12H,6,9-10H2,1-3H3,(H2,18,19,20,21). The van der Waals surface area contributed by atoms with Crippen LogP contribution in [0.2, 0.25) is 0 Å². The van der Waals surface area contributed by atoms with Gasteiger partial charge < -0.3 is 10.1 Å². The highest BCUT2D eigenvalue weighted by Crippen LogP contribution is 2.17. The van der Waals surface area contributed by atoms with Gasteiger partial charge in [0.2, 0.25) is 5.91 Å². The smallest absolute Gasteiger partial charge is 0.225 e. The topological polar surface area (TPSA) is 67.0 Å². The molecule has 0 aliphatic heterocycles. The molecule has 0 atom stereocenters. The lowest BCUT2D eigenvalue weighted by Gasteiger charge is -2.08. The SMILES string of the molecule is Cc1ccccc1OCCCC(=O)Nc1cc(C(C)C)[nH]n1. The van der Waals surface area contributed by atoms with Gasteiger partial charge in [-0.2, -0.15) is 5.10 Å². The average Bonchev–Trinajstić information content (AvgIpc) is 2.94. The highest BCUT2D eigenvalue weighted by molar-refractivity contribution is 5.89. The quantitative estimate of drug-likeness (QED) is 0.767. The molecule has 0 saturated heterocycles. The van der Waals surface area contributed by atoms with E-state index in [1.807, 2.05) is 37.3 Å². The van der Waals surface area contributed by atoms with Crippen LogP contribution in [0.25, 0.3) is 0 Å². The van der Waals surface area contributed by atoms with Crippen LogP contribution < -0.4 is 10.1 Å². The number of hydrogen-bond acceptors (Lipinski definition) is 3. The zero-order chi connectivity index (χ0) is 15.9. The van der Waals surface area contributed by atoms with Gasteiger partial charge in [0.15, 0.2) is 5.82 Å². The number of aryl methyl sites for hydroxylation is 1. The number of hydrogen-bond donors (Lipinski definition) is 2. The fraction of sp³-hybridized carbons (Fsp3) is 0.412. The fourth-order valence-corrected chi connectivity index (χ4v) is 2.03. The van der Waals surface area contributed by atoms with E-state index in [1.54, 1.807) is 0 Å². The maximum absolute atomic E-state index is 11.8. The Balaban J connectivity index is 1.70. The third kappa shape index (κ3) is 4.62. The van der Waals surface area contributed by atoms with E-state index in [9.17, 15) is 4.79 Å². The van der Waals surface area contributed by atoms with Crippen molar-refractivity contribution >= 4 is 11.7 Å². The van der Waals surface area contributed by atoms with Crippen LogP contribution >= 0.6 is 0 Å². The lowest BCUT2D eigenvalue weighted by molar-refractivity contribution is -0.116. The van der Waals surface area contributed by atoms with Crippen molar-refractivity contribution in [3.05, 3.63) is 41.6 Å². The summed E-state index contributed by atoms with van der Waals surface area (Å²) in [6.45, 7) is 6.67. The average molecular weight is 301 g/mol. The molecular formula is C17H23N3O2. The van der Waals surface area contributed by atoms with Gasteiger partial charge in [-0.3, -0.25) is 9.89 Å². The summed E-state index contributed by atoms with van der Waals surface area (Å²) in [6.07, 6.45) is 1.08. The number of H-pyrrole nitrogens is 1. The van der Waals surface area contributed by atoms with Crippen molar-refractivity contribution < 1.29 is 9.53 Å². The maximum atomic E-state index is 11.8. The van der Waals surface area contributed by atoms with Crippen LogP contribution in [0.5, 0.6) is 5.75 Å². The zero-order valence-corrected chi connectivity index (χ0v) is 13.3. The van der Waals surface area contributed by atoms with Crippen molar-refractivity contribution in [3.8, 4) is 5.75 Å². The second-order valence-corrected chi connectivity index (χ2v) is 5.63. The highest BCUT2D eigenvalue weighted by Gasteiger charge is 2.08. The second kappa shape index (κ2) is 7.64. The third-order valence-electron chi connectivity index (χ3n) is 3.39. The van der Waals surface area contributed by atoms with Crippen LogP contribution in [-0.4, -0.2) is 22.7 Å². The van der Waals surface area contributed by atoms with E-state index in [0.717, 1.165) is 17.0 Å². The number of nitrogens with zero attached hydrogens (tertiary/aromatic N) is 1. The van der Waals surface area contributed by atoms with E-state index in [4.69, 9.17) is 4.74 Å². The molecule has 2 rings (SSSR count). The molecule has 5 heteroatoms. The van der Waals surface area contributed by atoms with Gasteiger partial charge in [0.1, 0.15) is 5.75 Å². The van der Waals surface area contributed by atoms with Crippen molar-refractivity contribution in [2.75, 3.05) is 11.9 Å². The zero-order valence-electron chi connectivity index (χ0n) is 13.3. The molecule has 0 spiro atoms. The summed E-state index contributed by atoms with van der Waals surface area (Å²) >= 11 is 0. The molecule has 1 amide bonds. The van der Waals surface area contributed by atoms with Gasteiger partial charge in [-0.05, 0) is 30.9 Å². The normalized spacial score (nSPS) is 10.7. The number of aromatic amines is 1. The van der Waals surface area contributed by atoms with E-state index >= 15 is 0 Å². The summed E-state index contributed by atoms with van der Waals surface area (Å²) < 4.78 is 5.67. The number of nitrogens with one attached hydrogen (secondary N) is 2. The van der Waals surface area contributed by atoms with Crippen molar-refractivity contribution in [1.82, 2.24) is 10.2 Å². The number of ether oxygens (including phenoxy) is 1. The molecule has 2 aromatic rings. The van der Waals surface area contributed by atoms with Gasteiger partial charge in [0.05, 0.1) is 6.61 Å². The molecule has 1 aromatic heterocycles. The number of amides is 1. The molecule has 0 radical (unpaired) electrons. The minimum absolute atomic E-state index is 0.0461. The van der Waals surface area contributed by atoms with Crippen molar-refractivity contribution in [1.29, 1.82) is 0 Å². The van der Waals surface area contributed by atoms with Crippen LogP contribution in [0.1, 0.15) is 43.9 Å². The van der Waals surface area contributed by atoms with Gasteiger partial charge in [-0.25, -0.2) is 0 Å². The molecule has 5 nitrogen and oxygen atoms in total. The number of aromatic nitrogens is 2. The van der Waals surface area contributed by atoms with E-state index < -0.39 is 0 Å². The molecule has 1 heterocycles. The lowest BCUT2D eigenvalue weighted by Crippen LogP contribution is -2.13. The molecule has 0 bridgehead atoms. The van der Waals surface area contributed by atoms with Gasteiger partial charge >= 0.3 is 0 Å². The number of anilines is 1. The van der Waals surface area contributed by atoms with Crippen LogP contribution in [0.4, 0.5) is 5.82 Å². The third-order valence-corrected chi connectivity index (χ3v) is 3.39. The Morgan fingerprint density at radius 2 is 2.14 bits per heavy atom. The number of rotatable bonds is 7. The van der Waals surface area contributed by atoms with Crippen molar-refractivity contribution in [3.63, 3.8) is 0 Å². The van der Waals surface area contributed by atoms with Gasteiger partial charge in [0, 0.05) is 18.2 Å². The Bertz CT molecular complexity index is 620. The minimum atomic E-state index is -0.0461. The Morgan fingerprint density at radius 3 is 2.82 bits per heavy atom.